The fourth-order valence-electron chi connectivity index (χ4n) is 2.55. The van der Waals surface area contributed by atoms with Crippen molar-refractivity contribution in [1.29, 1.82) is 0 Å². The molecule has 0 saturated carbocycles. The van der Waals surface area contributed by atoms with Gasteiger partial charge in [-0.25, -0.2) is 0 Å². The lowest BCUT2D eigenvalue weighted by Gasteiger charge is -2.12. The molecule has 2 nitrogen and oxygen atoms in total. The molecule has 3 rings (SSSR count). The van der Waals surface area contributed by atoms with Crippen molar-refractivity contribution in [3.05, 3.63) is 91.4 Å². The normalized spacial score (nSPS) is 11.2. The van der Waals surface area contributed by atoms with Crippen LogP contribution in [0.1, 0.15) is 23.6 Å². The highest BCUT2D eigenvalue weighted by Crippen LogP contribution is 2.35. The predicted molar refractivity (Wildman–Crippen MR) is 120 cm³/mol. The summed E-state index contributed by atoms with van der Waals surface area (Å²) < 4.78 is 5.78. The highest BCUT2D eigenvalue weighted by atomic mass is 35.5. The minimum absolute atomic E-state index is 0.229. The van der Waals surface area contributed by atoms with E-state index in [4.69, 9.17) is 51.1 Å². The van der Waals surface area contributed by atoms with Crippen molar-refractivity contribution in [3.8, 4) is 5.75 Å². The van der Waals surface area contributed by atoms with Crippen LogP contribution in [0.2, 0.25) is 20.1 Å². The third-order valence-corrected chi connectivity index (χ3v) is 5.26. The molecule has 0 fully saturated rings. The van der Waals surface area contributed by atoms with E-state index in [0.29, 0.717) is 25.8 Å². The van der Waals surface area contributed by atoms with Crippen LogP contribution in [0.3, 0.4) is 0 Å². The molecule has 0 radical (unpaired) electrons. The second-order valence-corrected chi connectivity index (χ2v) is 7.77. The second kappa shape index (κ2) is 9.67. The lowest BCUT2D eigenvalue weighted by atomic mass is 10.1. The number of rotatable bonds is 6. The van der Waals surface area contributed by atoms with E-state index in [1.54, 1.807) is 36.5 Å². The molecule has 0 aliphatic heterocycles. The van der Waals surface area contributed by atoms with Crippen LogP contribution in [-0.4, -0.2) is 6.21 Å². The molecule has 0 spiro atoms. The maximum Gasteiger partial charge on any atom is 0.157 e. The summed E-state index contributed by atoms with van der Waals surface area (Å²) in [4.78, 5) is 4.46. The summed E-state index contributed by atoms with van der Waals surface area (Å²) in [5.74, 6) is 0.402. The minimum atomic E-state index is 0.229. The summed E-state index contributed by atoms with van der Waals surface area (Å²) in [6.45, 7) is 2.35. The van der Waals surface area contributed by atoms with E-state index in [9.17, 15) is 0 Å². The number of hydrogen-bond donors (Lipinski definition) is 0. The number of ether oxygens (including phenoxy) is 1. The summed E-state index contributed by atoms with van der Waals surface area (Å²) in [5, 5.41) is 1.90. The molecule has 144 valence electrons. The third-order valence-electron chi connectivity index (χ3n) is 4.12. The Hall–Kier alpha value is -1.71. The van der Waals surface area contributed by atoms with Gasteiger partial charge in [-0.2, -0.15) is 0 Å². The van der Waals surface area contributed by atoms with Crippen LogP contribution in [-0.2, 0) is 13.0 Å². The highest BCUT2D eigenvalue weighted by Gasteiger charge is 2.11. The molecule has 0 aliphatic carbocycles. The van der Waals surface area contributed by atoms with Crippen molar-refractivity contribution in [3.63, 3.8) is 0 Å². The number of hydrogen-bond acceptors (Lipinski definition) is 2. The first-order valence-corrected chi connectivity index (χ1v) is 10.2. The van der Waals surface area contributed by atoms with Gasteiger partial charge < -0.3 is 4.74 Å². The molecule has 28 heavy (non-hydrogen) atoms. The molecule has 0 aliphatic rings. The standard InChI is InChI=1S/C22H17Cl4NO/c1-2-14-3-7-18(8-4-14)27-12-15-9-20(25)22(21(26)10-15)28-13-16-5-6-17(23)11-19(16)24/h3-12H,2,13H2,1H3. The summed E-state index contributed by atoms with van der Waals surface area (Å²) in [7, 11) is 0. The summed E-state index contributed by atoms with van der Waals surface area (Å²) in [5.41, 5.74) is 3.71. The largest absolute Gasteiger partial charge is 0.486 e. The average molecular weight is 453 g/mol. The van der Waals surface area contributed by atoms with Crippen LogP contribution in [0.15, 0.2) is 59.6 Å². The SMILES string of the molecule is CCc1ccc(N=Cc2cc(Cl)c(OCc3ccc(Cl)cc3Cl)c(Cl)c2)cc1. The van der Waals surface area contributed by atoms with Gasteiger partial charge in [0.25, 0.3) is 0 Å². The summed E-state index contributed by atoms with van der Waals surface area (Å²) in [6.07, 6.45) is 2.72. The van der Waals surface area contributed by atoms with E-state index >= 15 is 0 Å². The Morgan fingerprint density at radius 2 is 1.54 bits per heavy atom. The molecule has 3 aromatic carbocycles. The van der Waals surface area contributed by atoms with Crippen molar-refractivity contribution < 1.29 is 4.74 Å². The number of benzene rings is 3. The van der Waals surface area contributed by atoms with Gasteiger partial charge in [-0.3, -0.25) is 4.99 Å². The van der Waals surface area contributed by atoms with Gasteiger partial charge >= 0.3 is 0 Å². The van der Waals surface area contributed by atoms with Crippen molar-refractivity contribution >= 4 is 58.3 Å². The van der Waals surface area contributed by atoms with Crippen molar-refractivity contribution in [1.82, 2.24) is 0 Å². The third kappa shape index (κ3) is 5.42. The van der Waals surface area contributed by atoms with E-state index in [1.807, 2.05) is 12.1 Å². The van der Waals surface area contributed by atoms with Crippen LogP contribution in [0.4, 0.5) is 5.69 Å². The molecule has 0 unspecified atom stereocenters. The molecule has 0 bridgehead atoms. The first-order chi connectivity index (χ1) is 13.5. The fraction of sp³-hybridized carbons (Fsp3) is 0.136. The molecule has 0 atom stereocenters. The second-order valence-electron chi connectivity index (χ2n) is 6.12. The minimum Gasteiger partial charge on any atom is -0.486 e. The Labute approximate surface area is 184 Å². The zero-order valence-electron chi connectivity index (χ0n) is 15.1. The zero-order valence-corrected chi connectivity index (χ0v) is 18.1. The Kier molecular flexibility index (Phi) is 7.25. The Morgan fingerprint density at radius 1 is 0.857 bits per heavy atom. The molecular formula is C22H17Cl4NO. The van der Waals surface area contributed by atoms with E-state index in [0.717, 1.165) is 23.2 Å². The zero-order chi connectivity index (χ0) is 20.1. The summed E-state index contributed by atoms with van der Waals surface area (Å²) in [6, 6.07) is 16.8. The van der Waals surface area contributed by atoms with E-state index in [2.05, 4.69) is 24.0 Å². The number of halogens is 4. The van der Waals surface area contributed by atoms with Crippen LogP contribution in [0.5, 0.6) is 5.75 Å². The Balaban J connectivity index is 1.73. The van der Waals surface area contributed by atoms with Gasteiger partial charge in [0.15, 0.2) is 5.75 Å². The lowest BCUT2D eigenvalue weighted by Crippen LogP contribution is -1.98. The predicted octanol–water partition coefficient (Wildman–Crippen LogP) is 8.19. The molecule has 0 amide bonds. The maximum atomic E-state index is 6.36. The number of aliphatic imine (C=N–C) groups is 1. The molecule has 0 saturated heterocycles. The quantitative estimate of drug-likeness (QED) is 0.345. The first-order valence-electron chi connectivity index (χ1n) is 8.65. The maximum absolute atomic E-state index is 6.36. The Bertz CT molecular complexity index is 977. The number of nitrogens with zero attached hydrogens (tertiary/aromatic N) is 1. The van der Waals surface area contributed by atoms with Crippen molar-refractivity contribution in [2.45, 2.75) is 20.0 Å². The van der Waals surface area contributed by atoms with Crippen molar-refractivity contribution in [2.24, 2.45) is 4.99 Å². The van der Waals surface area contributed by atoms with Gasteiger partial charge in [0, 0.05) is 21.8 Å². The van der Waals surface area contributed by atoms with Crippen LogP contribution in [0.25, 0.3) is 0 Å². The van der Waals surface area contributed by atoms with Gasteiger partial charge in [0.2, 0.25) is 0 Å². The average Bonchev–Trinajstić information content (AvgIpc) is 2.67. The number of aryl methyl sites for hydroxylation is 1. The van der Waals surface area contributed by atoms with Gasteiger partial charge in [0.05, 0.1) is 15.7 Å². The van der Waals surface area contributed by atoms with E-state index < -0.39 is 0 Å². The van der Waals surface area contributed by atoms with Crippen molar-refractivity contribution in [2.75, 3.05) is 0 Å². The van der Waals surface area contributed by atoms with E-state index in [1.165, 1.54) is 5.56 Å². The van der Waals surface area contributed by atoms with Crippen LogP contribution < -0.4 is 4.74 Å². The van der Waals surface area contributed by atoms with Gasteiger partial charge in [-0.15, -0.1) is 0 Å². The van der Waals surface area contributed by atoms with Crippen LogP contribution >= 0.6 is 46.4 Å². The smallest absolute Gasteiger partial charge is 0.157 e. The monoisotopic (exact) mass is 451 g/mol. The lowest BCUT2D eigenvalue weighted by molar-refractivity contribution is 0.306. The molecular weight excluding hydrogens is 436 g/mol. The Morgan fingerprint density at radius 3 is 2.14 bits per heavy atom. The molecule has 3 aromatic rings. The molecule has 0 heterocycles. The fourth-order valence-corrected chi connectivity index (χ4v) is 3.62. The van der Waals surface area contributed by atoms with Gasteiger partial charge in [-0.05, 0) is 53.9 Å². The molecule has 0 N–H and O–H groups in total. The summed E-state index contributed by atoms with van der Waals surface area (Å²) >= 11 is 24.8. The van der Waals surface area contributed by atoms with Gasteiger partial charge in [0.1, 0.15) is 6.61 Å². The van der Waals surface area contributed by atoms with Crippen LogP contribution in [0, 0.1) is 0 Å². The first kappa shape index (κ1) is 21.0. The van der Waals surface area contributed by atoms with E-state index in [-0.39, 0.29) is 6.61 Å². The van der Waals surface area contributed by atoms with Gasteiger partial charge in [-0.1, -0.05) is 71.5 Å². The molecule has 6 heteroatoms. The molecule has 0 aromatic heterocycles. The topological polar surface area (TPSA) is 21.6 Å². The highest BCUT2D eigenvalue weighted by molar-refractivity contribution is 6.37.